The van der Waals surface area contributed by atoms with Gasteiger partial charge < -0.3 is 14.2 Å². The maximum atomic E-state index is 5.91. The van der Waals surface area contributed by atoms with Crippen molar-refractivity contribution in [3.63, 3.8) is 0 Å². The summed E-state index contributed by atoms with van der Waals surface area (Å²) in [5.41, 5.74) is 3.09. The molecule has 6 heteroatoms. The topological polar surface area (TPSA) is 45.5 Å². The van der Waals surface area contributed by atoms with Gasteiger partial charge in [0.15, 0.2) is 11.5 Å². The van der Waals surface area contributed by atoms with Gasteiger partial charge in [-0.05, 0) is 5.56 Å². The number of methoxy groups -OCH3 is 2. The fourth-order valence-corrected chi connectivity index (χ4v) is 3.77. The van der Waals surface area contributed by atoms with Crippen LogP contribution < -0.4 is 14.2 Å². The molecule has 5 nitrogen and oxygen atoms in total. The normalized spacial score (nSPS) is 10.9. The highest BCUT2D eigenvalue weighted by Crippen LogP contribution is 2.34. The second kappa shape index (κ2) is 7.72. The number of aromatic nitrogens is 2. The Hall–Kier alpha value is -2.99. The predicted molar refractivity (Wildman–Crippen MR) is 108 cm³/mol. The van der Waals surface area contributed by atoms with Crippen molar-refractivity contribution < 1.29 is 14.2 Å². The van der Waals surface area contributed by atoms with Crippen molar-refractivity contribution in [2.24, 2.45) is 0 Å². The van der Waals surface area contributed by atoms with E-state index < -0.39 is 0 Å². The molecule has 0 radical (unpaired) electrons. The van der Waals surface area contributed by atoms with Crippen LogP contribution in [0.3, 0.4) is 0 Å². The molecule has 0 saturated heterocycles. The fraction of sp³-hybridized carbons (Fsp3) is 0.190. The van der Waals surface area contributed by atoms with E-state index in [0.717, 1.165) is 28.2 Å². The zero-order valence-electron chi connectivity index (χ0n) is 15.2. The molecule has 0 unspecified atom stereocenters. The molecule has 0 spiro atoms. The lowest BCUT2D eigenvalue weighted by Gasteiger charge is -2.08. The van der Waals surface area contributed by atoms with Gasteiger partial charge in [0.1, 0.15) is 17.1 Å². The first-order valence-corrected chi connectivity index (χ1v) is 9.51. The van der Waals surface area contributed by atoms with Crippen LogP contribution in [-0.2, 0) is 6.42 Å². The molecule has 0 aliphatic rings. The van der Waals surface area contributed by atoms with Crippen LogP contribution in [0.1, 0.15) is 5.56 Å². The quantitative estimate of drug-likeness (QED) is 0.465. The fourth-order valence-electron chi connectivity index (χ4n) is 2.95. The van der Waals surface area contributed by atoms with Gasteiger partial charge in [0.25, 0.3) is 0 Å². The molecule has 4 aromatic rings. The number of ether oxygens (including phenoxy) is 3. The van der Waals surface area contributed by atoms with Gasteiger partial charge in [-0.1, -0.05) is 30.3 Å². The number of hydrogen-bond acceptors (Lipinski definition) is 5. The molecule has 0 bridgehead atoms. The summed E-state index contributed by atoms with van der Waals surface area (Å²) in [6.45, 7) is 0.649. The highest BCUT2D eigenvalue weighted by Gasteiger charge is 2.13. The highest BCUT2D eigenvalue weighted by atomic mass is 32.1. The Morgan fingerprint density at radius 3 is 2.56 bits per heavy atom. The maximum Gasteiger partial charge on any atom is 0.163 e. The lowest BCUT2D eigenvalue weighted by Crippen LogP contribution is -2.00. The molecule has 0 atom stereocenters. The van der Waals surface area contributed by atoms with Crippen LogP contribution in [0, 0.1) is 0 Å². The van der Waals surface area contributed by atoms with E-state index in [4.69, 9.17) is 14.2 Å². The van der Waals surface area contributed by atoms with Crippen molar-refractivity contribution in [2.75, 3.05) is 20.8 Å². The molecular formula is C21H20N2O3S. The van der Waals surface area contributed by atoms with E-state index in [1.807, 2.05) is 52.7 Å². The van der Waals surface area contributed by atoms with Gasteiger partial charge in [0.05, 0.1) is 31.9 Å². The van der Waals surface area contributed by atoms with Gasteiger partial charge in [0, 0.05) is 30.0 Å². The third kappa shape index (κ3) is 3.61. The van der Waals surface area contributed by atoms with Gasteiger partial charge in [0.2, 0.25) is 0 Å². The smallest absolute Gasteiger partial charge is 0.163 e. The van der Waals surface area contributed by atoms with Crippen molar-refractivity contribution in [2.45, 2.75) is 6.42 Å². The van der Waals surface area contributed by atoms with E-state index in [1.54, 1.807) is 25.6 Å². The molecule has 138 valence electrons. The summed E-state index contributed by atoms with van der Waals surface area (Å²) in [6, 6.07) is 16.2. The number of imidazole rings is 1. The molecule has 0 amide bonds. The second-order valence-electron chi connectivity index (χ2n) is 6.02. The first kappa shape index (κ1) is 17.4. The third-order valence-electron chi connectivity index (χ3n) is 4.35. The molecule has 2 heterocycles. The summed E-state index contributed by atoms with van der Waals surface area (Å²) in [5.74, 6) is 2.22. The maximum absolute atomic E-state index is 5.91. The monoisotopic (exact) mass is 380 g/mol. The predicted octanol–water partition coefficient (Wildman–Crippen LogP) is 4.73. The van der Waals surface area contributed by atoms with Crippen LogP contribution in [0.25, 0.3) is 16.0 Å². The van der Waals surface area contributed by atoms with Crippen LogP contribution in [0.5, 0.6) is 17.2 Å². The summed E-state index contributed by atoms with van der Waals surface area (Å²) in [4.78, 5) is 4.48. The summed E-state index contributed by atoms with van der Waals surface area (Å²) in [5, 5.41) is 3.06. The standard InChI is InChI=1S/C21H20N2O3S/c1-24-19-11-17-18(12-20(19)25-2)23(14-22-17)21-10-16(13-27-21)26-9-8-15-6-4-3-5-7-15/h3-7,10-14H,8-9H2,1-2H3. The van der Waals surface area contributed by atoms with Crippen LogP contribution >= 0.6 is 11.3 Å². The number of thiophene rings is 1. The molecule has 4 rings (SSSR count). The summed E-state index contributed by atoms with van der Waals surface area (Å²) < 4.78 is 18.7. The Morgan fingerprint density at radius 1 is 1.00 bits per heavy atom. The first-order valence-electron chi connectivity index (χ1n) is 8.63. The van der Waals surface area contributed by atoms with E-state index in [9.17, 15) is 0 Å². The van der Waals surface area contributed by atoms with Gasteiger partial charge in [-0.25, -0.2) is 4.98 Å². The van der Waals surface area contributed by atoms with Gasteiger partial charge in [-0.2, -0.15) is 0 Å². The van der Waals surface area contributed by atoms with Crippen molar-refractivity contribution in [1.29, 1.82) is 0 Å². The minimum absolute atomic E-state index is 0.649. The molecule has 0 N–H and O–H groups in total. The van der Waals surface area contributed by atoms with Crippen LogP contribution in [0.4, 0.5) is 0 Å². The number of fused-ring (bicyclic) bond motifs is 1. The van der Waals surface area contributed by atoms with E-state index in [0.29, 0.717) is 18.1 Å². The molecule has 2 aromatic heterocycles. The molecular weight excluding hydrogens is 360 g/mol. The van der Waals surface area contributed by atoms with Crippen molar-refractivity contribution >= 4 is 22.4 Å². The molecule has 0 aliphatic carbocycles. The van der Waals surface area contributed by atoms with Crippen molar-refractivity contribution in [3.8, 4) is 22.2 Å². The van der Waals surface area contributed by atoms with Crippen LogP contribution in [0.2, 0.25) is 0 Å². The second-order valence-corrected chi connectivity index (χ2v) is 6.90. The van der Waals surface area contributed by atoms with Crippen molar-refractivity contribution in [1.82, 2.24) is 9.55 Å². The first-order chi connectivity index (χ1) is 13.3. The molecule has 27 heavy (non-hydrogen) atoms. The van der Waals surface area contributed by atoms with Gasteiger partial charge >= 0.3 is 0 Å². The largest absolute Gasteiger partial charge is 0.493 e. The SMILES string of the molecule is COc1cc2ncn(-c3cc(OCCc4ccccc4)cs3)c2cc1OC. The molecule has 0 fully saturated rings. The Morgan fingerprint density at radius 2 is 1.78 bits per heavy atom. The summed E-state index contributed by atoms with van der Waals surface area (Å²) >= 11 is 1.62. The summed E-state index contributed by atoms with van der Waals surface area (Å²) in [7, 11) is 3.26. The highest BCUT2D eigenvalue weighted by molar-refractivity contribution is 7.12. The zero-order chi connectivity index (χ0) is 18.6. The van der Waals surface area contributed by atoms with Crippen LogP contribution in [0.15, 0.2) is 60.2 Å². The number of rotatable bonds is 7. The van der Waals surface area contributed by atoms with E-state index >= 15 is 0 Å². The molecule has 2 aromatic carbocycles. The average Bonchev–Trinajstić information content (AvgIpc) is 3.34. The van der Waals surface area contributed by atoms with E-state index in [2.05, 4.69) is 17.1 Å². The Balaban J connectivity index is 1.52. The lowest BCUT2D eigenvalue weighted by molar-refractivity contribution is 0.323. The lowest BCUT2D eigenvalue weighted by atomic mass is 10.2. The number of hydrogen-bond donors (Lipinski definition) is 0. The Kier molecular flexibility index (Phi) is 4.98. The van der Waals surface area contributed by atoms with Crippen molar-refractivity contribution in [3.05, 3.63) is 65.8 Å². The summed E-state index contributed by atoms with van der Waals surface area (Å²) in [6.07, 6.45) is 2.69. The van der Waals surface area contributed by atoms with E-state index in [1.165, 1.54) is 5.56 Å². The minimum atomic E-state index is 0.649. The minimum Gasteiger partial charge on any atom is -0.493 e. The number of nitrogens with zero attached hydrogens (tertiary/aromatic N) is 2. The van der Waals surface area contributed by atoms with Crippen LogP contribution in [-0.4, -0.2) is 30.4 Å². The third-order valence-corrected chi connectivity index (χ3v) is 5.26. The molecule has 0 saturated carbocycles. The average molecular weight is 380 g/mol. The Bertz CT molecular complexity index is 1040. The molecule has 0 aliphatic heterocycles. The van der Waals surface area contributed by atoms with E-state index in [-0.39, 0.29) is 0 Å². The number of benzene rings is 2. The Labute approximate surface area is 161 Å². The van der Waals surface area contributed by atoms with Gasteiger partial charge in [-0.3, -0.25) is 4.57 Å². The van der Waals surface area contributed by atoms with Gasteiger partial charge in [-0.15, -0.1) is 11.3 Å². The zero-order valence-corrected chi connectivity index (χ0v) is 16.0.